The summed E-state index contributed by atoms with van der Waals surface area (Å²) in [4.78, 5) is 41.6. The molecule has 0 unspecified atom stereocenters. The van der Waals surface area contributed by atoms with Crippen LogP contribution in [0, 0.1) is 58.7 Å². The second kappa shape index (κ2) is 195. The average Bonchev–Trinajstić information content (AvgIpc) is 1.84. The summed E-state index contributed by atoms with van der Waals surface area (Å²) in [5.74, 6) is 8.61. The monoisotopic (exact) mass is 1960 g/mol. The van der Waals surface area contributed by atoms with Gasteiger partial charge in [0.05, 0.1) is 37.0 Å². The molecule has 0 radical (unpaired) electrons. The zero-order chi connectivity index (χ0) is 112. The van der Waals surface area contributed by atoms with E-state index in [1.807, 2.05) is 286 Å². The van der Waals surface area contributed by atoms with Crippen molar-refractivity contribution in [2.45, 2.75) is 428 Å². The number of aryl methyl sites for hydroxylation is 1. The van der Waals surface area contributed by atoms with Gasteiger partial charge in [0.25, 0.3) is 0 Å². The van der Waals surface area contributed by atoms with E-state index in [9.17, 15) is 0 Å². The molecule has 0 aliphatic carbocycles. The van der Waals surface area contributed by atoms with E-state index in [0.29, 0.717) is 30.0 Å². The number of pyridine rings is 1. The molecule has 11 heterocycles. The van der Waals surface area contributed by atoms with Crippen molar-refractivity contribution < 1.29 is 8.83 Å². The number of rotatable bonds is 3. The second-order valence-electron chi connectivity index (χ2n) is 31.5. The molecule has 0 atom stereocenters. The Labute approximate surface area is 869 Å². The zero-order valence-corrected chi connectivity index (χ0v) is 101. The first-order valence-corrected chi connectivity index (χ1v) is 51.3. The van der Waals surface area contributed by atoms with Gasteiger partial charge in [-0.25, -0.2) is 29.9 Å². The fourth-order valence-corrected chi connectivity index (χ4v) is 4.10. The molecular weight excluding hydrogens is 1720 g/mol. The molecule has 10 aromatic heterocycles. The maximum atomic E-state index is 4.58. The number of nitrogens with one attached hydrogen (secondary N) is 1. The average molecular weight is 1960 g/mol. The molecule has 1 aromatic carbocycles. The standard InChI is InChI=1S/2C6H10N2.C6H6.C5H9N3.C5H5N.C5H12.C4H6N2.3C4H4N2.C4H4O.8C4H10.C3H3N3.C3H3NO.12C2H6.2CH4/c1-5(2)6-3-7-4-8-6;1-6(2)8-5-3-4-7-8;1-2-4-6-5-3-1;1-4(2)5-6-3-7-8-5;1-2-4-6-5-3-1;1-5(2,3)4;1-6-3-2-5-4-6;1-2-6-4-3-5-1;1-2-5-4-6-3-1;1-2-4-6-5-3-1;1-2-4-5-3-1;8*1-4(2)3;1-2-5-6-3-4-1;1-2-5-3-4-1;12*1-2;;/h3,5H,4H2,1-2H3;3-6H,1-2H3;1-6H;3-4H,1-2H3,(H,6,7,8);1-5H;1-4H3;2-4H,1H3;3*1-4H;1-4H;8*4H,1-3H3;1-3H;1-3H;12*1-2H3;2*1H4. The lowest BCUT2D eigenvalue weighted by molar-refractivity contribution is 0.469. The maximum absolute atomic E-state index is 4.58. The molecule has 0 bridgehead atoms. The topological polar surface area (TPSA) is 270 Å². The van der Waals surface area contributed by atoms with Gasteiger partial charge in [0, 0.05) is 118 Å². The minimum absolute atomic E-state index is 0. The van der Waals surface area contributed by atoms with Gasteiger partial charge < -0.3 is 13.4 Å². The largest absolute Gasteiger partial charge is 0.473 e. The predicted octanol–water partition coefficient (Wildman–Crippen LogP) is 38.9. The third-order valence-electron chi connectivity index (χ3n) is 7.67. The molecule has 0 amide bonds. The molecule has 0 saturated carbocycles. The third kappa shape index (κ3) is 352. The lowest BCUT2D eigenvalue weighted by Crippen LogP contribution is -2.05. The molecule has 820 valence electrons. The Bertz CT molecular complexity index is 2630. The molecule has 0 fully saturated rings. The van der Waals surface area contributed by atoms with Crippen LogP contribution in [-0.2, 0) is 7.05 Å². The molecule has 22 heteroatoms. The summed E-state index contributed by atoms with van der Waals surface area (Å²) >= 11 is 0. The molecule has 11 aromatic rings. The summed E-state index contributed by atoms with van der Waals surface area (Å²) in [6, 6.07) is 29.2. The van der Waals surface area contributed by atoms with Crippen molar-refractivity contribution in [1.82, 2.24) is 89.8 Å². The van der Waals surface area contributed by atoms with Gasteiger partial charge in [0.2, 0.25) is 0 Å². The normalized spacial score (nSPS) is 8.26. The van der Waals surface area contributed by atoms with Gasteiger partial charge in [0.1, 0.15) is 37.7 Å². The minimum Gasteiger partial charge on any atom is -0.473 e. The number of nitrogens with zero attached hydrogens (tertiary/aromatic N) is 19. The number of furan rings is 1. The van der Waals surface area contributed by atoms with E-state index >= 15 is 0 Å². The fraction of sp³-hybridized carbons (Fsp3) is 0.632. The van der Waals surface area contributed by atoms with E-state index < -0.39 is 0 Å². The van der Waals surface area contributed by atoms with Gasteiger partial charge in [0.15, 0.2) is 6.39 Å². The number of hydrogen-bond acceptors (Lipinski definition) is 19. The van der Waals surface area contributed by atoms with E-state index in [4.69, 9.17) is 0 Å². The van der Waals surface area contributed by atoms with E-state index in [1.54, 1.807) is 112 Å². The van der Waals surface area contributed by atoms with Gasteiger partial charge in [-0.05, 0) is 121 Å². The highest BCUT2D eigenvalue weighted by Gasteiger charge is 2.03. The SMILES string of the molecule is C.C.CC.CC.CC.CC.CC.CC.CC.CC.CC.CC.CC.CC.CC(C)(C)C.CC(C)C.CC(C)C.CC(C)C.CC(C)C.CC(C)C.CC(C)C.CC(C)C.CC(C)C.CC(C)C1=NCN=C1.CC(C)c1ncn[nH]1.CC(C)n1cccn1.Cn1ccnc1.c1ccccc1.c1ccncc1.c1ccnnc1.c1ccoc1.c1cnccn1.c1cncnc1.c1cnncn1.c1cocn1. The Morgan fingerprint density at radius 3 is 0.719 bits per heavy atom. The first-order chi connectivity index (χ1) is 65.2. The van der Waals surface area contributed by atoms with Crippen LogP contribution >= 0.6 is 0 Å². The number of aromatic nitrogens is 18. The summed E-state index contributed by atoms with van der Waals surface area (Å²) < 4.78 is 12.9. The molecule has 22 nitrogen and oxygen atoms in total. The van der Waals surface area contributed by atoms with Crippen LogP contribution in [0.3, 0.4) is 0 Å². The lowest BCUT2D eigenvalue weighted by Gasteiger charge is -2.05. The quantitative estimate of drug-likeness (QED) is 0.172. The van der Waals surface area contributed by atoms with Crippen LogP contribution in [0.25, 0.3) is 0 Å². The number of benzene rings is 1. The van der Waals surface area contributed by atoms with Crippen LogP contribution in [0.2, 0.25) is 0 Å². The Kier molecular flexibility index (Phi) is 263. The zero-order valence-electron chi connectivity index (χ0n) is 101. The summed E-state index contributed by atoms with van der Waals surface area (Å²) in [5, 5.41) is 24.5. The summed E-state index contributed by atoms with van der Waals surface area (Å²) in [7, 11) is 1.94. The van der Waals surface area contributed by atoms with Crippen molar-refractivity contribution in [3.05, 3.63) is 253 Å². The Morgan fingerprint density at radius 1 is 0.295 bits per heavy atom. The van der Waals surface area contributed by atoms with Crippen molar-refractivity contribution in [2.75, 3.05) is 6.67 Å². The van der Waals surface area contributed by atoms with E-state index in [1.165, 1.54) is 37.8 Å². The Balaban J connectivity index is -0.0000000480. The van der Waals surface area contributed by atoms with Crippen LogP contribution in [0.5, 0.6) is 0 Å². The van der Waals surface area contributed by atoms with Crippen molar-refractivity contribution in [3.63, 3.8) is 0 Å². The van der Waals surface area contributed by atoms with E-state index in [-0.39, 0.29) is 14.9 Å². The number of oxazole rings is 1. The van der Waals surface area contributed by atoms with Crippen molar-refractivity contribution in [1.29, 1.82) is 0 Å². The smallest absolute Gasteiger partial charge is 0.180 e. The van der Waals surface area contributed by atoms with Crippen LogP contribution < -0.4 is 0 Å². The minimum atomic E-state index is 0. The molecular formula is C117H240N20O2. The fourth-order valence-electron chi connectivity index (χ4n) is 4.10. The molecule has 0 spiro atoms. The van der Waals surface area contributed by atoms with Gasteiger partial charge in [-0.15, -0.1) is 5.10 Å². The van der Waals surface area contributed by atoms with Crippen LogP contribution in [0.15, 0.2) is 266 Å². The number of hydrogen-bond donors (Lipinski definition) is 1. The van der Waals surface area contributed by atoms with Crippen molar-refractivity contribution in [2.24, 2.45) is 75.7 Å². The molecule has 0 saturated heterocycles. The highest BCUT2D eigenvalue weighted by Crippen LogP contribution is 2.08. The van der Waals surface area contributed by atoms with E-state index in [2.05, 4.69) is 335 Å². The number of aliphatic imine (C=N–C) groups is 2. The molecule has 1 aliphatic heterocycles. The van der Waals surface area contributed by atoms with Crippen LogP contribution in [0.4, 0.5) is 0 Å². The van der Waals surface area contributed by atoms with E-state index in [0.717, 1.165) is 58.9 Å². The summed E-state index contributed by atoms with van der Waals surface area (Å²) in [5.41, 5.74) is 1.63. The number of H-pyrrole nitrogens is 1. The summed E-state index contributed by atoms with van der Waals surface area (Å²) in [6.07, 6.45) is 42.9. The number of imidazole rings is 1. The molecule has 1 N–H and O–H groups in total. The van der Waals surface area contributed by atoms with Crippen LogP contribution in [-0.4, -0.2) is 108 Å². The molecule has 12 rings (SSSR count). The Morgan fingerprint density at radius 2 is 0.612 bits per heavy atom. The van der Waals surface area contributed by atoms with Gasteiger partial charge in [-0.2, -0.15) is 25.5 Å². The Hall–Kier alpha value is -9.99. The maximum Gasteiger partial charge on any atom is 0.180 e. The van der Waals surface area contributed by atoms with Gasteiger partial charge in [-0.3, -0.25) is 34.7 Å². The van der Waals surface area contributed by atoms with Gasteiger partial charge >= 0.3 is 0 Å². The highest BCUT2D eigenvalue weighted by molar-refractivity contribution is 6.32. The first-order valence-electron chi connectivity index (χ1n) is 51.3. The summed E-state index contributed by atoms with van der Waals surface area (Å²) in [6.45, 7) is 122. The first kappa shape index (κ1) is 188. The third-order valence-corrected chi connectivity index (χ3v) is 7.67. The predicted molar refractivity (Wildman–Crippen MR) is 633 cm³/mol. The second-order valence-corrected chi connectivity index (χ2v) is 31.5. The van der Waals surface area contributed by atoms with Crippen LogP contribution in [0.1, 0.15) is 434 Å². The number of aromatic amines is 1. The molecule has 1 aliphatic rings. The highest BCUT2D eigenvalue weighted by atomic mass is 16.3. The lowest BCUT2D eigenvalue weighted by atomic mass is 10.0. The van der Waals surface area contributed by atoms with Gasteiger partial charge in [-0.1, -0.05) is 445 Å². The van der Waals surface area contributed by atoms with Crippen molar-refractivity contribution >= 4 is 11.9 Å². The van der Waals surface area contributed by atoms with Crippen molar-refractivity contribution in [3.8, 4) is 0 Å². The molecule has 139 heavy (non-hydrogen) atoms.